The Morgan fingerprint density at radius 2 is 2.31 bits per heavy atom. The zero-order chi connectivity index (χ0) is 12.2. The summed E-state index contributed by atoms with van der Waals surface area (Å²) in [6.07, 6.45) is 4.41. The van der Waals surface area contributed by atoms with Crippen molar-refractivity contribution in [2.45, 2.75) is 57.6 Å². The molecule has 0 bridgehead atoms. The molecule has 0 aromatic rings. The van der Waals surface area contributed by atoms with E-state index < -0.39 is 11.6 Å². The highest BCUT2D eigenvalue weighted by molar-refractivity contribution is 5.81. The molecule has 2 atom stereocenters. The van der Waals surface area contributed by atoms with Crippen LogP contribution in [0.5, 0.6) is 0 Å². The second-order valence-corrected chi connectivity index (χ2v) is 5.11. The summed E-state index contributed by atoms with van der Waals surface area (Å²) < 4.78 is 0. The van der Waals surface area contributed by atoms with Gasteiger partial charge in [0.2, 0.25) is 5.91 Å². The molecule has 0 aromatic carbocycles. The number of hydrogen-bond acceptors (Lipinski definition) is 3. The van der Waals surface area contributed by atoms with Gasteiger partial charge in [0.1, 0.15) is 0 Å². The lowest BCUT2D eigenvalue weighted by Crippen LogP contribution is -2.53. The average molecular weight is 228 g/mol. The number of nitrogens with zero attached hydrogens (tertiary/aromatic N) is 1. The van der Waals surface area contributed by atoms with Gasteiger partial charge in [0, 0.05) is 13.1 Å². The van der Waals surface area contributed by atoms with Gasteiger partial charge in [0.25, 0.3) is 0 Å². The molecular weight excluding hydrogens is 204 g/mol. The smallest absolute Gasteiger partial charge is 0.239 e. The molecule has 1 aliphatic rings. The van der Waals surface area contributed by atoms with Crippen molar-refractivity contribution in [3.8, 4) is 0 Å². The third-order valence-electron chi connectivity index (χ3n) is 3.17. The molecule has 16 heavy (non-hydrogen) atoms. The monoisotopic (exact) mass is 228 g/mol. The Balaban J connectivity index is 2.46. The third-order valence-corrected chi connectivity index (χ3v) is 3.17. The van der Waals surface area contributed by atoms with Crippen molar-refractivity contribution in [1.82, 2.24) is 4.90 Å². The second-order valence-electron chi connectivity index (χ2n) is 5.11. The lowest BCUT2D eigenvalue weighted by atomic mass is 9.94. The van der Waals surface area contributed by atoms with Crippen LogP contribution >= 0.6 is 0 Å². The highest BCUT2D eigenvalue weighted by Crippen LogP contribution is 2.21. The molecule has 0 radical (unpaired) electrons. The summed E-state index contributed by atoms with van der Waals surface area (Å²) in [5.41, 5.74) is 5.11. The number of carbonyl (C=O) groups is 1. The fourth-order valence-electron chi connectivity index (χ4n) is 2.19. The molecule has 1 aliphatic heterocycles. The van der Waals surface area contributed by atoms with Gasteiger partial charge in [-0.1, -0.05) is 19.8 Å². The van der Waals surface area contributed by atoms with Gasteiger partial charge in [-0.25, -0.2) is 0 Å². The Kier molecular flexibility index (Phi) is 4.74. The van der Waals surface area contributed by atoms with E-state index in [1.54, 1.807) is 11.8 Å². The molecule has 1 heterocycles. The number of carbonyl (C=O) groups excluding carboxylic acids is 1. The van der Waals surface area contributed by atoms with E-state index in [2.05, 4.69) is 6.92 Å². The van der Waals surface area contributed by atoms with Crippen LogP contribution in [0.15, 0.2) is 0 Å². The van der Waals surface area contributed by atoms with Gasteiger partial charge in [-0.3, -0.25) is 4.79 Å². The van der Waals surface area contributed by atoms with Gasteiger partial charge < -0.3 is 15.7 Å². The van der Waals surface area contributed by atoms with Crippen molar-refractivity contribution < 1.29 is 9.90 Å². The summed E-state index contributed by atoms with van der Waals surface area (Å²) in [4.78, 5) is 13.7. The number of aliphatic hydroxyl groups is 1. The predicted octanol–water partition coefficient (Wildman–Crippen LogP) is 0.877. The Hall–Kier alpha value is -0.610. The fourth-order valence-corrected chi connectivity index (χ4v) is 2.19. The van der Waals surface area contributed by atoms with Gasteiger partial charge in [0.15, 0.2) is 0 Å². The number of hydrogen-bond donors (Lipinski definition) is 2. The zero-order valence-corrected chi connectivity index (χ0v) is 10.4. The van der Waals surface area contributed by atoms with E-state index in [4.69, 9.17) is 5.73 Å². The lowest BCUT2D eigenvalue weighted by molar-refractivity contribution is -0.139. The van der Waals surface area contributed by atoms with Crippen LogP contribution < -0.4 is 5.73 Å². The van der Waals surface area contributed by atoms with E-state index in [0.29, 0.717) is 6.54 Å². The van der Waals surface area contributed by atoms with E-state index in [1.807, 2.05) is 0 Å². The Labute approximate surface area is 97.8 Å². The minimum absolute atomic E-state index is 0.00609. The van der Waals surface area contributed by atoms with Crippen molar-refractivity contribution in [2.75, 3.05) is 13.1 Å². The maximum atomic E-state index is 12.0. The van der Waals surface area contributed by atoms with Crippen LogP contribution in [0.2, 0.25) is 0 Å². The van der Waals surface area contributed by atoms with Gasteiger partial charge in [-0.05, 0) is 26.2 Å². The summed E-state index contributed by atoms with van der Waals surface area (Å²) in [5, 5.41) is 9.92. The molecule has 1 amide bonds. The normalized spacial score (nSPS) is 27.9. The van der Waals surface area contributed by atoms with Crippen LogP contribution in [0.25, 0.3) is 0 Å². The molecule has 4 heteroatoms. The lowest BCUT2D eigenvalue weighted by Gasteiger charge is -2.37. The number of amides is 1. The molecule has 0 spiro atoms. The quantitative estimate of drug-likeness (QED) is 0.750. The Bertz CT molecular complexity index is 241. The minimum Gasteiger partial charge on any atom is -0.388 e. The van der Waals surface area contributed by atoms with Gasteiger partial charge in [-0.15, -0.1) is 0 Å². The minimum atomic E-state index is -0.738. The van der Waals surface area contributed by atoms with Crippen molar-refractivity contribution in [3.05, 3.63) is 0 Å². The summed E-state index contributed by atoms with van der Waals surface area (Å²) in [5.74, 6) is -0.00609. The standard InChI is InChI=1S/C12H24N2O2/c1-3-4-6-10(13)11(15)14-8-5-7-12(2,16)9-14/h10,16H,3-9,13H2,1-2H3. The Morgan fingerprint density at radius 1 is 1.62 bits per heavy atom. The first-order chi connectivity index (χ1) is 7.46. The molecule has 0 aromatic heterocycles. The highest BCUT2D eigenvalue weighted by atomic mass is 16.3. The van der Waals surface area contributed by atoms with Crippen molar-refractivity contribution in [3.63, 3.8) is 0 Å². The van der Waals surface area contributed by atoms with E-state index >= 15 is 0 Å². The molecule has 1 saturated heterocycles. The molecule has 0 aliphatic carbocycles. The number of nitrogens with two attached hydrogens (primary N) is 1. The van der Waals surface area contributed by atoms with Gasteiger partial charge in [-0.2, -0.15) is 0 Å². The fraction of sp³-hybridized carbons (Fsp3) is 0.917. The third kappa shape index (κ3) is 3.76. The van der Waals surface area contributed by atoms with E-state index in [-0.39, 0.29) is 5.91 Å². The maximum Gasteiger partial charge on any atom is 0.239 e. The largest absolute Gasteiger partial charge is 0.388 e. The summed E-state index contributed by atoms with van der Waals surface area (Å²) in [6.45, 7) is 5.02. The zero-order valence-electron chi connectivity index (χ0n) is 10.4. The number of likely N-dealkylation sites (tertiary alicyclic amines) is 1. The highest BCUT2D eigenvalue weighted by Gasteiger charge is 2.32. The molecule has 1 fully saturated rings. The van der Waals surface area contributed by atoms with Crippen molar-refractivity contribution >= 4 is 5.91 Å². The average Bonchev–Trinajstić information content (AvgIpc) is 2.23. The topological polar surface area (TPSA) is 66.6 Å². The number of unbranched alkanes of at least 4 members (excludes halogenated alkanes) is 1. The first kappa shape index (κ1) is 13.5. The number of rotatable bonds is 4. The van der Waals surface area contributed by atoms with E-state index in [1.165, 1.54) is 0 Å². The van der Waals surface area contributed by atoms with Crippen LogP contribution in [0.3, 0.4) is 0 Å². The summed E-state index contributed by atoms with van der Waals surface area (Å²) in [6, 6.07) is -0.395. The Morgan fingerprint density at radius 3 is 2.88 bits per heavy atom. The first-order valence-electron chi connectivity index (χ1n) is 6.23. The van der Waals surface area contributed by atoms with Crippen LogP contribution in [0.1, 0.15) is 46.0 Å². The van der Waals surface area contributed by atoms with Crippen LogP contribution in [-0.4, -0.2) is 40.6 Å². The molecule has 0 saturated carbocycles. The van der Waals surface area contributed by atoms with Crippen molar-refractivity contribution in [1.29, 1.82) is 0 Å². The maximum absolute atomic E-state index is 12.0. The summed E-state index contributed by atoms with van der Waals surface area (Å²) >= 11 is 0. The van der Waals surface area contributed by atoms with Crippen LogP contribution in [0, 0.1) is 0 Å². The van der Waals surface area contributed by atoms with Crippen molar-refractivity contribution in [2.24, 2.45) is 5.73 Å². The molecule has 4 nitrogen and oxygen atoms in total. The number of piperidine rings is 1. The number of β-amino-alcohol motifs (C(OH)–C–C–N with tert-alkyl or cyclic N) is 1. The molecule has 1 rings (SSSR count). The second kappa shape index (κ2) is 5.64. The van der Waals surface area contributed by atoms with Gasteiger partial charge in [0.05, 0.1) is 11.6 Å². The summed E-state index contributed by atoms with van der Waals surface area (Å²) in [7, 11) is 0. The van der Waals surface area contributed by atoms with Crippen LogP contribution in [0.4, 0.5) is 0 Å². The predicted molar refractivity (Wildman–Crippen MR) is 63.9 cm³/mol. The first-order valence-corrected chi connectivity index (χ1v) is 6.23. The van der Waals surface area contributed by atoms with E-state index in [0.717, 1.165) is 38.6 Å². The van der Waals surface area contributed by atoms with E-state index in [9.17, 15) is 9.90 Å². The van der Waals surface area contributed by atoms with Gasteiger partial charge >= 0.3 is 0 Å². The molecular formula is C12H24N2O2. The SMILES string of the molecule is CCCCC(N)C(=O)N1CCCC(C)(O)C1. The molecule has 3 N–H and O–H groups in total. The van der Waals surface area contributed by atoms with Crippen LogP contribution in [-0.2, 0) is 4.79 Å². The molecule has 94 valence electrons. The molecule has 2 unspecified atom stereocenters.